The molecule has 2 rings (SSSR count). The van der Waals surface area contributed by atoms with E-state index in [1.165, 1.54) is 12.1 Å². The third-order valence-electron chi connectivity index (χ3n) is 2.51. The van der Waals surface area contributed by atoms with Crippen LogP contribution in [-0.2, 0) is 4.43 Å². The van der Waals surface area contributed by atoms with Crippen LogP contribution in [0.25, 0.3) is 11.1 Å². The average Bonchev–Trinajstić information content (AvgIpc) is 2.37. The minimum atomic E-state index is -1.71. The quantitative estimate of drug-likeness (QED) is 0.624. The van der Waals surface area contributed by atoms with Gasteiger partial charge in [-0.2, -0.15) is 0 Å². The number of benzene rings is 2. The average molecular weight is 264 g/mol. The molecule has 0 aliphatic rings. The van der Waals surface area contributed by atoms with Gasteiger partial charge in [-0.3, -0.25) is 0 Å². The molecular formula is C13H13FO3Si. The molecule has 0 amide bonds. The molecule has 0 spiro atoms. The van der Waals surface area contributed by atoms with Gasteiger partial charge in [-0.15, -0.1) is 0 Å². The highest BCUT2D eigenvalue weighted by atomic mass is 28.2. The van der Waals surface area contributed by atoms with Crippen molar-refractivity contribution in [2.24, 2.45) is 0 Å². The zero-order valence-corrected chi connectivity index (χ0v) is 11.0. The molecule has 94 valence electrons. The lowest BCUT2D eigenvalue weighted by molar-refractivity contribution is -0.179. The first kappa shape index (κ1) is 12.9. The van der Waals surface area contributed by atoms with Gasteiger partial charge in [0.05, 0.1) is 0 Å². The van der Waals surface area contributed by atoms with Crippen molar-refractivity contribution in [1.29, 1.82) is 0 Å². The molecule has 0 atom stereocenters. The Labute approximate surface area is 106 Å². The largest absolute Gasteiger partial charge is 0.373 e. The van der Waals surface area contributed by atoms with Crippen molar-refractivity contribution in [3.8, 4) is 11.1 Å². The Morgan fingerprint density at radius 2 is 1.72 bits per heavy atom. The Balaban J connectivity index is 2.12. The summed E-state index contributed by atoms with van der Waals surface area (Å²) in [5.41, 5.74) is 1.73. The third kappa shape index (κ3) is 3.48. The van der Waals surface area contributed by atoms with Crippen LogP contribution in [0.3, 0.4) is 0 Å². The molecule has 0 aromatic heterocycles. The number of rotatable bonds is 4. The predicted molar refractivity (Wildman–Crippen MR) is 69.3 cm³/mol. The fourth-order valence-corrected chi connectivity index (χ4v) is 2.40. The standard InChI is InChI=1S/C13H13FO3Si/c14-11-3-1-2-10(8-11)9-4-6-12(7-5-9)18-17-13(15)16/h1-8,13,15-16H,18H2. The van der Waals surface area contributed by atoms with Gasteiger partial charge in [0.15, 0.2) is 9.76 Å². The molecule has 18 heavy (non-hydrogen) atoms. The normalized spacial score (nSPS) is 11.6. The van der Waals surface area contributed by atoms with Gasteiger partial charge in [0, 0.05) is 0 Å². The molecular weight excluding hydrogens is 251 g/mol. The molecule has 0 unspecified atom stereocenters. The lowest BCUT2D eigenvalue weighted by Gasteiger charge is -2.06. The van der Waals surface area contributed by atoms with Crippen LogP contribution >= 0.6 is 0 Å². The zero-order chi connectivity index (χ0) is 13.0. The fourth-order valence-electron chi connectivity index (χ4n) is 1.63. The number of hydrogen-bond acceptors (Lipinski definition) is 3. The van der Waals surface area contributed by atoms with Gasteiger partial charge < -0.3 is 14.6 Å². The van der Waals surface area contributed by atoms with E-state index < -0.39 is 16.2 Å². The summed E-state index contributed by atoms with van der Waals surface area (Å²) in [6.07, 6.45) is 0. The first-order chi connectivity index (χ1) is 8.65. The molecule has 0 saturated heterocycles. The van der Waals surface area contributed by atoms with E-state index in [2.05, 4.69) is 0 Å². The van der Waals surface area contributed by atoms with Crippen LogP contribution in [-0.4, -0.2) is 26.5 Å². The van der Waals surface area contributed by atoms with E-state index in [1.807, 2.05) is 30.3 Å². The smallest absolute Gasteiger partial charge is 0.256 e. The Morgan fingerprint density at radius 3 is 2.33 bits per heavy atom. The minimum absolute atomic E-state index is 0.266. The molecule has 0 aliphatic carbocycles. The molecule has 2 aromatic rings. The van der Waals surface area contributed by atoms with E-state index in [-0.39, 0.29) is 5.82 Å². The second-order valence-electron chi connectivity index (χ2n) is 3.84. The zero-order valence-electron chi connectivity index (χ0n) is 9.58. The van der Waals surface area contributed by atoms with Crippen LogP contribution in [0.15, 0.2) is 48.5 Å². The summed E-state index contributed by atoms with van der Waals surface area (Å²) in [4.78, 5) is 0. The van der Waals surface area contributed by atoms with Crippen molar-refractivity contribution >= 4 is 14.9 Å². The first-order valence-corrected chi connectivity index (χ1v) is 6.76. The SMILES string of the molecule is OC(O)O[SiH2]c1ccc(-c2cccc(F)c2)cc1. The fraction of sp³-hybridized carbons (Fsp3) is 0.0769. The Hall–Kier alpha value is -1.53. The second kappa shape index (κ2) is 5.88. The summed E-state index contributed by atoms with van der Waals surface area (Å²) in [7, 11) is -1.14. The Bertz CT molecular complexity index is 514. The van der Waals surface area contributed by atoms with E-state index in [1.54, 1.807) is 6.07 Å². The molecule has 2 aromatic carbocycles. The molecule has 0 bridgehead atoms. The summed E-state index contributed by atoms with van der Waals surface area (Å²) in [5, 5.41) is 18.2. The summed E-state index contributed by atoms with van der Waals surface area (Å²) in [5.74, 6) is -0.266. The Kier molecular flexibility index (Phi) is 4.22. The second-order valence-corrected chi connectivity index (χ2v) is 5.28. The highest BCUT2D eigenvalue weighted by Crippen LogP contribution is 2.18. The minimum Gasteiger partial charge on any atom is -0.373 e. The molecule has 2 N–H and O–H groups in total. The summed E-state index contributed by atoms with van der Waals surface area (Å²) < 4.78 is 17.9. The van der Waals surface area contributed by atoms with Crippen molar-refractivity contribution in [3.05, 3.63) is 54.3 Å². The van der Waals surface area contributed by atoms with E-state index in [4.69, 9.17) is 14.6 Å². The van der Waals surface area contributed by atoms with Gasteiger partial charge in [-0.05, 0) is 28.4 Å². The lowest BCUT2D eigenvalue weighted by Crippen LogP contribution is -2.23. The van der Waals surface area contributed by atoms with Crippen LogP contribution in [0.4, 0.5) is 4.39 Å². The molecule has 0 saturated carbocycles. The van der Waals surface area contributed by atoms with E-state index in [0.717, 1.165) is 16.3 Å². The van der Waals surface area contributed by atoms with Crippen LogP contribution in [0.2, 0.25) is 0 Å². The van der Waals surface area contributed by atoms with E-state index in [0.29, 0.717) is 0 Å². The van der Waals surface area contributed by atoms with Gasteiger partial charge in [-0.1, -0.05) is 36.4 Å². The molecule has 0 aliphatic heterocycles. The predicted octanol–water partition coefficient (Wildman–Crippen LogP) is 0.487. The highest BCUT2D eigenvalue weighted by molar-refractivity contribution is 6.46. The first-order valence-electron chi connectivity index (χ1n) is 5.48. The summed E-state index contributed by atoms with van der Waals surface area (Å²) in [6.45, 7) is -1.71. The van der Waals surface area contributed by atoms with Gasteiger partial charge >= 0.3 is 0 Å². The molecule has 0 radical (unpaired) electrons. The highest BCUT2D eigenvalue weighted by Gasteiger charge is 2.02. The Morgan fingerprint density at radius 1 is 1.00 bits per heavy atom. The van der Waals surface area contributed by atoms with Gasteiger partial charge in [0.2, 0.25) is 0 Å². The summed E-state index contributed by atoms with van der Waals surface area (Å²) >= 11 is 0. The lowest BCUT2D eigenvalue weighted by atomic mass is 10.1. The van der Waals surface area contributed by atoms with Gasteiger partial charge in [-0.25, -0.2) is 4.39 Å². The number of aliphatic hydroxyl groups is 2. The van der Waals surface area contributed by atoms with Crippen LogP contribution < -0.4 is 5.19 Å². The third-order valence-corrected chi connectivity index (χ3v) is 3.78. The molecule has 3 nitrogen and oxygen atoms in total. The maximum atomic E-state index is 13.1. The van der Waals surface area contributed by atoms with Crippen molar-refractivity contribution in [1.82, 2.24) is 0 Å². The molecule has 5 heteroatoms. The maximum Gasteiger partial charge on any atom is 0.256 e. The van der Waals surface area contributed by atoms with Crippen molar-refractivity contribution < 1.29 is 19.0 Å². The number of halogens is 1. The maximum absolute atomic E-state index is 13.1. The van der Waals surface area contributed by atoms with Crippen LogP contribution in [0.5, 0.6) is 0 Å². The molecule has 0 heterocycles. The van der Waals surface area contributed by atoms with Crippen LogP contribution in [0.1, 0.15) is 0 Å². The van der Waals surface area contributed by atoms with Crippen molar-refractivity contribution in [3.63, 3.8) is 0 Å². The van der Waals surface area contributed by atoms with Crippen molar-refractivity contribution in [2.45, 2.75) is 6.48 Å². The summed E-state index contributed by atoms with van der Waals surface area (Å²) in [6, 6.07) is 13.8. The van der Waals surface area contributed by atoms with Crippen LogP contribution in [0, 0.1) is 5.82 Å². The van der Waals surface area contributed by atoms with Gasteiger partial charge in [0.25, 0.3) is 6.48 Å². The number of aliphatic hydroxyl groups excluding tert-OH is 1. The topological polar surface area (TPSA) is 49.7 Å². The van der Waals surface area contributed by atoms with Crippen molar-refractivity contribution in [2.75, 3.05) is 0 Å². The monoisotopic (exact) mass is 264 g/mol. The van der Waals surface area contributed by atoms with Gasteiger partial charge in [0.1, 0.15) is 5.82 Å². The molecule has 0 fully saturated rings. The number of hydrogen-bond donors (Lipinski definition) is 2. The van der Waals surface area contributed by atoms with E-state index >= 15 is 0 Å². The van der Waals surface area contributed by atoms with E-state index in [9.17, 15) is 4.39 Å².